The van der Waals surface area contributed by atoms with Gasteiger partial charge in [0.25, 0.3) is 0 Å². The normalized spacial score (nSPS) is 17.9. The minimum Gasteiger partial charge on any atom is -0.508 e. The topological polar surface area (TPSA) is 196 Å². The van der Waals surface area contributed by atoms with Crippen LogP contribution in [-0.4, -0.2) is 110 Å². The lowest BCUT2D eigenvalue weighted by molar-refractivity contribution is -0.170. The number of hydrogen-bond donors (Lipinski definition) is 6. The molecule has 1 aliphatic carbocycles. The Morgan fingerprint density at radius 1 is 1.02 bits per heavy atom. The van der Waals surface area contributed by atoms with E-state index in [0.29, 0.717) is 18.0 Å². The number of amides is 1. The summed E-state index contributed by atoms with van der Waals surface area (Å²) in [6.07, 6.45) is 1.30. The Balaban J connectivity index is 0.000000360. The van der Waals surface area contributed by atoms with Gasteiger partial charge in [0.15, 0.2) is 5.60 Å². The number of aromatic hydroxyl groups is 1. The fourth-order valence-corrected chi connectivity index (χ4v) is 6.63. The monoisotopic (exact) mass is 648 g/mol. The molecule has 0 aromatic heterocycles. The van der Waals surface area contributed by atoms with Crippen molar-refractivity contribution < 1.29 is 49.8 Å². The second-order valence-electron chi connectivity index (χ2n) is 12.1. The summed E-state index contributed by atoms with van der Waals surface area (Å²) in [4.78, 5) is 47.5. The van der Waals surface area contributed by atoms with Gasteiger partial charge in [0.2, 0.25) is 5.91 Å². The number of carbonyl (C=O) groups excluding carboxylic acids is 1. The number of nitrogens with zero attached hydrogens (tertiary/aromatic N) is 2. The van der Waals surface area contributed by atoms with Crippen molar-refractivity contribution in [3.8, 4) is 5.75 Å². The van der Waals surface area contributed by atoms with Crippen LogP contribution >= 0.6 is 11.6 Å². The molecule has 0 saturated carbocycles. The number of piperidine rings is 1. The highest BCUT2D eigenvalue weighted by atomic mass is 35.5. The van der Waals surface area contributed by atoms with Crippen LogP contribution in [0.4, 0.5) is 0 Å². The molecule has 0 bridgehead atoms. The number of halogens is 1. The van der Waals surface area contributed by atoms with E-state index in [2.05, 4.69) is 29.2 Å². The minimum absolute atomic E-state index is 0.0799. The van der Waals surface area contributed by atoms with Crippen molar-refractivity contribution in [1.82, 2.24) is 9.80 Å². The third kappa shape index (κ3) is 8.94. The van der Waals surface area contributed by atoms with Crippen LogP contribution in [0.25, 0.3) is 0 Å². The van der Waals surface area contributed by atoms with Crippen LogP contribution in [0.1, 0.15) is 54.7 Å². The van der Waals surface area contributed by atoms with Crippen molar-refractivity contribution in [2.75, 3.05) is 40.3 Å². The Labute approximate surface area is 266 Å². The molecule has 2 atom stereocenters. The number of carboxylic acid groups (broad SMARTS) is 3. The van der Waals surface area contributed by atoms with Crippen LogP contribution in [0.2, 0.25) is 5.02 Å². The number of fused-ring (bicyclic) bond motifs is 2. The maximum atomic E-state index is 13.0. The molecule has 13 heteroatoms. The number of carboxylic acids is 3. The van der Waals surface area contributed by atoms with Gasteiger partial charge in [-0.25, -0.2) is 4.79 Å². The second-order valence-corrected chi connectivity index (χ2v) is 12.5. The average molecular weight is 649 g/mol. The lowest BCUT2D eigenvalue weighted by atomic mass is 9.73. The lowest BCUT2D eigenvalue weighted by Crippen LogP contribution is -2.46. The zero-order chi connectivity index (χ0) is 33.5. The summed E-state index contributed by atoms with van der Waals surface area (Å²) in [6, 6.07) is 13.5. The molecule has 45 heavy (non-hydrogen) atoms. The summed E-state index contributed by atoms with van der Waals surface area (Å²) in [7, 11) is 3.57. The number of carbonyl (C=O) groups is 4. The molecule has 1 saturated heterocycles. The van der Waals surface area contributed by atoms with Crippen LogP contribution in [0.15, 0.2) is 42.5 Å². The zero-order valence-corrected chi connectivity index (χ0v) is 26.1. The summed E-state index contributed by atoms with van der Waals surface area (Å²) in [5, 5.41) is 54.2. The highest BCUT2D eigenvalue weighted by Gasteiger charge is 2.45. The predicted octanol–water partition coefficient (Wildman–Crippen LogP) is 2.56. The van der Waals surface area contributed by atoms with Crippen molar-refractivity contribution in [2.45, 2.75) is 55.5 Å². The van der Waals surface area contributed by atoms with Gasteiger partial charge < -0.3 is 40.4 Å². The van der Waals surface area contributed by atoms with E-state index in [1.54, 1.807) is 37.2 Å². The van der Waals surface area contributed by atoms with Crippen molar-refractivity contribution in [3.05, 3.63) is 64.2 Å². The molecule has 1 aliphatic heterocycles. The molecule has 1 heterocycles. The number of hydrogen-bond acceptors (Lipinski definition) is 8. The molecule has 2 aliphatic rings. The van der Waals surface area contributed by atoms with Gasteiger partial charge in [0, 0.05) is 38.2 Å². The summed E-state index contributed by atoms with van der Waals surface area (Å²) in [5.74, 6) is -4.77. The van der Waals surface area contributed by atoms with E-state index in [4.69, 9.17) is 32.0 Å². The van der Waals surface area contributed by atoms with E-state index >= 15 is 0 Å². The van der Waals surface area contributed by atoms with Crippen molar-refractivity contribution in [1.29, 1.82) is 0 Å². The number of aliphatic carboxylic acids is 3. The fraction of sp³-hybridized carbons (Fsp3) is 0.500. The molecular weight excluding hydrogens is 608 g/mol. The third-order valence-corrected chi connectivity index (χ3v) is 9.06. The molecule has 246 valence electrons. The highest BCUT2D eigenvalue weighted by molar-refractivity contribution is 6.31. The van der Waals surface area contributed by atoms with Gasteiger partial charge in [-0.1, -0.05) is 35.9 Å². The summed E-state index contributed by atoms with van der Waals surface area (Å²) in [6.45, 7) is 2.73. The molecule has 1 spiro atoms. The van der Waals surface area contributed by atoms with E-state index in [-0.39, 0.29) is 35.5 Å². The molecule has 2 aromatic carbocycles. The van der Waals surface area contributed by atoms with Crippen molar-refractivity contribution >= 4 is 35.4 Å². The first-order valence-electron chi connectivity index (χ1n) is 14.6. The average Bonchev–Trinajstić information content (AvgIpc) is 3.28. The fourth-order valence-electron chi connectivity index (χ4n) is 6.43. The molecule has 12 nitrogen and oxygen atoms in total. The Morgan fingerprint density at radius 2 is 1.62 bits per heavy atom. The van der Waals surface area contributed by atoms with Gasteiger partial charge in [0.05, 0.1) is 18.8 Å². The molecular formula is C32H41ClN2O10. The van der Waals surface area contributed by atoms with Gasteiger partial charge in [-0.3, -0.25) is 14.4 Å². The van der Waals surface area contributed by atoms with Gasteiger partial charge in [-0.15, -0.1) is 0 Å². The zero-order valence-electron chi connectivity index (χ0n) is 25.4. The quantitative estimate of drug-likeness (QED) is 0.209. The lowest BCUT2D eigenvalue weighted by Gasteiger charge is -2.41. The van der Waals surface area contributed by atoms with Gasteiger partial charge >= 0.3 is 17.9 Å². The highest BCUT2D eigenvalue weighted by Crippen LogP contribution is 2.51. The number of rotatable bonds is 11. The number of benzene rings is 2. The molecule has 1 amide bonds. The Morgan fingerprint density at radius 3 is 2.16 bits per heavy atom. The predicted molar refractivity (Wildman–Crippen MR) is 164 cm³/mol. The summed E-state index contributed by atoms with van der Waals surface area (Å²) in [5.41, 5.74) is 0.915. The standard InChI is InChI=1S/C26H33ClN2O3.C6H8O7/c1-28(2)25(32)19(13-18-14-21(31)7-8-24(18)27)16-29-11-9-26(10-12-29)15-20(17-30)22-5-3-4-6-23(22)26;7-3(8)1-6(13,5(11)12)2-4(9)10/h3-8,14,19-20,30-31H,9-13,15-17H2,1-2H3;13H,1-2H2,(H,7,8)(H,9,10)(H,11,12). The molecule has 0 radical (unpaired) electrons. The van der Waals surface area contributed by atoms with Crippen molar-refractivity contribution in [3.63, 3.8) is 0 Å². The Kier molecular flexibility index (Phi) is 12.0. The molecule has 4 rings (SSSR count). The van der Waals surface area contributed by atoms with E-state index in [9.17, 15) is 29.4 Å². The first kappa shape index (κ1) is 35.8. The summed E-state index contributed by atoms with van der Waals surface area (Å²) < 4.78 is 0. The van der Waals surface area contributed by atoms with Crippen LogP contribution in [0.5, 0.6) is 5.75 Å². The number of phenols is 1. The molecule has 2 unspecified atom stereocenters. The van der Waals surface area contributed by atoms with Gasteiger partial charge in [-0.2, -0.15) is 0 Å². The van der Waals surface area contributed by atoms with Gasteiger partial charge in [-0.05, 0) is 79.1 Å². The number of phenolic OH excluding ortho intramolecular Hbond substituents is 1. The Hall–Kier alpha value is -3.71. The maximum Gasteiger partial charge on any atom is 0.336 e. The van der Waals surface area contributed by atoms with Crippen LogP contribution < -0.4 is 0 Å². The smallest absolute Gasteiger partial charge is 0.336 e. The van der Waals surface area contributed by atoms with Crippen LogP contribution in [0.3, 0.4) is 0 Å². The van der Waals surface area contributed by atoms with Gasteiger partial charge in [0.1, 0.15) is 5.75 Å². The largest absolute Gasteiger partial charge is 0.508 e. The number of aliphatic hydroxyl groups excluding tert-OH is 1. The van der Waals surface area contributed by atoms with Crippen LogP contribution in [-0.2, 0) is 31.0 Å². The first-order valence-corrected chi connectivity index (χ1v) is 15.0. The third-order valence-electron chi connectivity index (χ3n) is 8.69. The van der Waals surface area contributed by atoms with E-state index in [0.717, 1.165) is 37.9 Å². The van der Waals surface area contributed by atoms with Crippen LogP contribution in [0, 0.1) is 5.92 Å². The maximum absolute atomic E-state index is 13.0. The van der Waals surface area contributed by atoms with Crippen molar-refractivity contribution in [2.24, 2.45) is 5.92 Å². The van der Waals surface area contributed by atoms with E-state index < -0.39 is 36.4 Å². The molecule has 2 aromatic rings. The number of aliphatic hydroxyl groups is 2. The second kappa shape index (κ2) is 15.0. The van der Waals surface area contributed by atoms with E-state index in [1.807, 2.05) is 0 Å². The Bertz CT molecular complexity index is 1370. The first-order chi connectivity index (χ1) is 21.1. The minimum atomic E-state index is -2.74. The SMILES string of the molecule is CN(C)C(=O)C(Cc1cc(O)ccc1Cl)CN1CCC2(CC1)CC(CO)c1ccccc12.O=C(O)CC(O)(CC(=O)O)C(=O)O. The molecule has 1 fully saturated rings. The van der Waals surface area contributed by atoms with E-state index in [1.165, 1.54) is 11.1 Å². The molecule has 6 N–H and O–H groups in total. The number of likely N-dealkylation sites (tertiary alicyclic amines) is 1. The summed E-state index contributed by atoms with van der Waals surface area (Å²) >= 11 is 6.35.